The lowest BCUT2D eigenvalue weighted by atomic mass is 10.1. The highest BCUT2D eigenvalue weighted by atomic mass is 16.5. The molecule has 0 bridgehead atoms. The first-order chi connectivity index (χ1) is 9.31. The lowest BCUT2D eigenvalue weighted by Gasteiger charge is -2.10. The van der Waals surface area contributed by atoms with E-state index in [0.29, 0.717) is 0 Å². The van der Waals surface area contributed by atoms with Crippen molar-refractivity contribution in [3.05, 3.63) is 23.8 Å². The van der Waals surface area contributed by atoms with E-state index in [1.165, 1.54) is 18.4 Å². The van der Waals surface area contributed by atoms with Gasteiger partial charge in [-0.15, -0.1) is 0 Å². The van der Waals surface area contributed by atoms with Gasteiger partial charge in [0.25, 0.3) is 0 Å². The largest absolute Gasteiger partial charge is 0.493 e. The van der Waals surface area contributed by atoms with E-state index in [-0.39, 0.29) is 0 Å². The Balaban J connectivity index is 2.26. The molecule has 0 unspecified atom stereocenters. The van der Waals surface area contributed by atoms with E-state index in [4.69, 9.17) is 9.47 Å². The smallest absolute Gasteiger partial charge is 0.160 e. The molecule has 0 aromatic heterocycles. The fourth-order valence-corrected chi connectivity index (χ4v) is 1.95. The van der Waals surface area contributed by atoms with Crippen molar-refractivity contribution in [3.8, 4) is 11.5 Å². The van der Waals surface area contributed by atoms with E-state index in [1.54, 1.807) is 14.2 Å². The van der Waals surface area contributed by atoms with Crippen molar-refractivity contribution in [2.24, 2.45) is 0 Å². The molecule has 4 heteroatoms. The van der Waals surface area contributed by atoms with Gasteiger partial charge in [0.1, 0.15) is 0 Å². The molecule has 4 nitrogen and oxygen atoms in total. The van der Waals surface area contributed by atoms with Crippen molar-refractivity contribution in [3.63, 3.8) is 0 Å². The maximum atomic E-state index is 5.30. The molecule has 108 valence electrons. The van der Waals surface area contributed by atoms with Gasteiger partial charge in [-0.2, -0.15) is 0 Å². The maximum Gasteiger partial charge on any atom is 0.160 e. The third kappa shape index (κ3) is 5.94. The molecule has 2 N–H and O–H groups in total. The average molecular weight is 266 g/mol. The molecule has 0 fully saturated rings. The molecular formula is C15H26N2O2. The molecule has 0 amide bonds. The van der Waals surface area contributed by atoms with Crippen LogP contribution in [0.1, 0.15) is 18.4 Å². The van der Waals surface area contributed by atoms with Gasteiger partial charge in [-0.3, -0.25) is 0 Å². The summed E-state index contributed by atoms with van der Waals surface area (Å²) in [6, 6.07) is 6.09. The SMILES string of the molecule is CNCCCCNCCc1ccc(OC)c(OC)c1. The molecule has 0 aliphatic rings. The van der Waals surface area contributed by atoms with Gasteiger partial charge in [-0.05, 0) is 63.6 Å². The fraction of sp³-hybridized carbons (Fsp3) is 0.600. The van der Waals surface area contributed by atoms with Gasteiger partial charge in [0, 0.05) is 0 Å². The molecule has 1 aromatic rings. The average Bonchev–Trinajstić information content (AvgIpc) is 2.46. The highest BCUT2D eigenvalue weighted by molar-refractivity contribution is 5.42. The summed E-state index contributed by atoms with van der Waals surface area (Å²) in [5.74, 6) is 1.58. The summed E-state index contributed by atoms with van der Waals surface area (Å²) in [4.78, 5) is 0. The summed E-state index contributed by atoms with van der Waals surface area (Å²) >= 11 is 0. The second-order valence-corrected chi connectivity index (χ2v) is 4.50. The molecule has 0 radical (unpaired) electrons. The first-order valence-electron chi connectivity index (χ1n) is 6.88. The number of methoxy groups -OCH3 is 2. The van der Waals surface area contributed by atoms with Crippen LogP contribution >= 0.6 is 0 Å². The third-order valence-corrected chi connectivity index (χ3v) is 3.07. The summed E-state index contributed by atoms with van der Waals surface area (Å²) < 4.78 is 10.5. The summed E-state index contributed by atoms with van der Waals surface area (Å²) in [5, 5.41) is 6.61. The Bertz CT molecular complexity index is 356. The van der Waals surface area contributed by atoms with Gasteiger partial charge in [0.15, 0.2) is 11.5 Å². The quantitative estimate of drug-likeness (QED) is 0.634. The molecular weight excluding hydrogens is 240 g/mol. The number of ether oxygens (including phenoxy) is 2. The topological polar surface area (TPSA) is 42.5 Å². The fourth-order valence-electron chi connectivity index (χ4n) is 1.95. The van der Waals surface area contributed by atoms with Crippen LogP contribution in [-0.4, -0.2) is 40.9 Å². The third-order valence-electron chi connectivity index (χ3n) is 3.07. The van der Waals surface area contributed by atoms with Crippen molar-refractivity contribution in [2.75, 3.05) is 40.9 Å². The van der Waals surface area contributed by atoms with Gasteiger partial charge in [-0.1, -0.05) is 6.07 Å². The summed E-state index contributed by atoms with van der Waals surface area (Å²) in [5.41, 5.74) is 1.26. The lowest BCUT2D eigenvalue weighted by molar-refractivity contribution is 0.354. The van der Waals surface area contributed by atoms with Crippen LogP contribution in [0.2, 0.25) is 0 Å². The second kappa shape index (κ2) is 9.64. The zero-order chi connectivity index (χ0) is 13.9. The number of benzene rings is 1. The van der Waals surface area contributed by atoms with Crippen molar-refractivity contribution in [2.45, 2.75) is 19.3 Å². The molecule has 1 aromatic carbocycles. The number of unbranched alkanes of at least 4 members (excludes halogenated alkanes) is 1. The van der Waals surface area contributed by atoms with Crippen LogP contribution in [-0.2, 0) is 6.42 Å². The van der Waals surface area contributed by atoms with E-state index >= 15 is 0 Å². The van der Waals surface area contributed by atoms with Gasteiger partial charge >= 0.3 is 0 Å². The Labute approximate surface area is 116 Å². The number of nitrogens with one attached hydrogen (secondary N) is 2. The van der Waals surface area contributed by atoms with E-state index in [2.05, 4.69) is 16.7 Å². The molecule has 0 saturated carbocycles. The van der Waals surface area contributed by atoms with E-state index in [1.807, 2.05) is 19.2 Å². The van der Waals surface area contributed by atoms with Gasteiger partial charge < -0.3 is 20.1 Å². The first kappa shape index (κ1) is 15.8. The number of hydrogen-bond donors (Lipinski definition) is 2. The van der Waals surface area contributed by atoms with Gasteiger partial charge in [-0.25, -0.2) is 0 Å². The normalized spacial score (nSPS) is 10.5. The summed E-state index contributed by atoms with van der Waals surface area (Å²) in [7, 11) is 5.32. The Kier molecular flexibility index (Phi) is 8.02. The first-order valence-corrected chi connectivity index (χ1v) is 6.88. The predicted octanol–water partition coefficient (Wildman–Crippen LogP) is 1.84. The van der Waals surface area contributed by atoms with Crippen molar-refractivity contribution in [1.82, 2.24) is 10.6 Å². The number of hydrogen-bond acceptors (Lipinski definition) is 4. The van der Waals surface area contributed by atoms with Crippen molar-refractivity contribution < 1.29 is 9.47 Å². The van der Waals surface area contributed by atoms with Crippen LogP contribution in [0.5, 0.6) is 11.5 Å². The second-order valence-electron chi connectivity index (χ2n) is 4.50. The molecule has 0 heterocycles. The van der Waals surface area contributed by atoms with Crippen molar-refractivity contribution in [1.29, 1.82) is 0 Å². The van der Waals surface area contributed by atoms with Gasteiger partial charge in [0.05, 0.1) is 14.2 Å². The molecule has 1 rings (SSSR count). The summed E-state index contributed by atoms with van der Waals surface area (Å²) in [6.07, 6.45) is 3.44. The molecule has 0 spiro atoms. The van der Waals surface area contributed by atoms with Crippen LogP contribution in [0.3, 0.4) is 0 Å². The Morgan fingerprint density at radius 3 is 2.37 bits per heavy atom. The molecule has 0 saturated heterocycles. The molecule has 19 heavy (non-hydrogen) atoms. The number of rotatable bonds is 10. The highest BCUT2D eigenvalue weighted by Gasteiger charge is 2.03. The van der Waals surface area contributed by atoms with E-state index in [0.717, 1.165) is 37.6 Å². The van der Waals surface area contributed by atoms with Crippen LogP contribution in [0, 0.1) is 0 Å². The predicted molar refractivity (Wildman–Crippen MR) is 79.3 cm³/mol. The highest BCUT2D eigenvalue weighted by Crippen LogP contribution is 2.27. The maximum absolute atomic E-state index is 5.30. The zero-order valence-corrected chi connectivity index (χ0v) is 12.3. The van der Waals surface area contributed by atoms with Crippen LogP contribution in [0.25, 0.3) is 0 Å². The Hall–Kier alpha value is -1.26. The minimum absolute atomic E-state index is 0.784. The minimum Gasteiger partial charge on any atom is -0.493 e. The van der Waals surface area contributed by atoms with Crippen LogP contribution in [0.4, 0.5) is 0 Å². The van der Waals surface area contributed by atoms with E-state index < -0.39 is 0 Å². The molecule has 0 aliphatic heterocycles. The van der Waals surface area contributed by atoms with Crippen molar-refractivity contribution >= 4 is 0 Å². The Morgan fingerprint density at radius 2 is 1.68 bits per heavy atom. The monoisotopic (exact) mass is 266 g/mol. The van der Waals surface area contributed by atoms with Gasteiger partial charge in [0.2, 0.25) is 0 Å². The Morgan fingerprint density at radius 1 is 0.947 bits per heavy atom. The standard InChI is InChI=1S/C15H26N2O2/c1-16-9-4-5-10-17-11-8-13-6-7-14(18-2)15(12-13)19-3/h6-7,12,16-17H,4-5,8-11H2,1-3H3. The summed E-state index contributed by atoms with van der Waals surface area (Å²) in [6.45, 7) is 3.17. The van der Waals surface area contributed by atoms with Crippen LogP contribution in [0.15, 0.2) is 18.2 Å². The van der Waals surface area contributed by atoms with Crippen LogP contribution < -0.4 is 20.1 Å². The minimum atomic E-state index is 0.784. The zero-order valence-electron chi connectivity index (χ0n) is 12.3. The molecule has 0 aliphatic carbocycles. The molecule has 0 atom stereocenters. The van der Waals surface area contributed by atoms with E-state index in [9.17, 15) is 0 Å². The lowest BCUT2D eigenvalue weighted by Crippen LogP contribution is -2.19.